The summed E-state index contributed by atoms with van der Waals surface area (Å²) in [6.07, 6.45) is 2.62. The molecule has 0 aliphatic rings. The van der Waals surface area contributed by atoms with E-state index in [1.165, 1.54) is 12.3 Å². The Kier molecular flexibility index (Phi) is 4.79. The molecule has 2 aromatic rings. The van der Waals surface area contributed by atoms with Crippen LogP contribution in [0.1, 0.15) is 22.3 Å². The molecular formula is C15H15FN2O2. The second kappa shape index (κ2) is 6.77. The molecule has 0 atom stereocenters. The fourth-order valence-corrected chi connectivity index (χ4v) is 1.80. The van der Waals surface area contributed by atoms with Gasteiger partial charge in [-0.25, -0.2) is 4.98 Å². The maximum Gasteiger partial charge on any atom is 0.257 e. The van der Waals surface area contributed by atoms with Crippen LogP contribution in [0.2, 0.25) is 0 Å². The molecule has 104 valence electrons. The first kappa shape index (κ1) is 14.1. The molecule has 0 aliphatic heterocycles. The monoisotopic (exact) mass is 274 g/mol. The fourth-order valence-electron chi connectivity index (χ4n) is 1.80. The van der Waals surface area contributed by atoms with Crippen molar-refractivity contribution in [3.63, 3.8) is 0 Å². The minimum Gasteiger partial charge on any atom is -0.396 e. The predicted octanol–water partition coefficient (Wildman–Crippen LogP) is 2.40. The van der Waals surface area contributed by atoms with Crippen LogP contribution in [0.3, 0.4) is 0 Å². The highest BCUT2D eigenvalue weighted by Gasteiger charge is 2.07. The first-order valence-corrected chi connectivity index (χ1v) is 6.32. The number of benzene rings is 1. The highest BCUT2D eigenvalue weighted by molar-refractivity contribution is 6.04. The molecule has 0 fully saturated rings. The largest absolute Gasteiger partial charge is 0.396 e. The standard InChI is InChI=1S/C15H15FN2O2/c16-14-7-6-12(10-17-14)15(20)18-13-5-1-3-11(9-13)4-2-8-19/h1,3,5-7,9-10,19H,2,4,8H2,(H,18,20). The summed E-state index contributed by atoms with van der Waals surface area (Å²) in [5.74, 6) is -0.954. The van der Waals surface area contributed by atoms with Crippen LogP contribution >= 0.6 is 0 Å². The van der Waals surface area contributed by atoms with E-state index in [1.807, 2.05) is 18.2 Å². The molecule has 20 heavy (non-hydrogen) atoms. The Morgan fingerprint density at radius 2 is 2.15 bits per heavy atom. The van der Waals surface area contributed by atoms with Crippen molar-refractivity contribution < 1.29 is 14.3 Å². The minimum absolute atomic E-state index is 0.137. The van der Waals surface area contributed by atoms with Crippen LogP contribution in [0.25, 0.3) is 0 Å². The number of halogens is 1. The Hall–Kier alpha value is -2.27. The lowest BCUT2D eigenvalue weighted by atomic mass is 10.1. The van der Waals surface area contributed by atoms with Gasteiger partial charge < -0.3 is 10.4 Å². The minimum atomic E-state index is -0.618. The first-order valence-electron chi connectivity index (χ1n) is 6.32. The van der Waals surface area contributed by atoms with Crippen LogP contribution in [-0.4, -0.2) is 22.6 Å². The zero-order valence-corrected chi connectivity index (χ0v) is 10.8. The third kappa shape index (κ3) is 3.86. The van der Waals surface area contributed by atoms with E-state index in [0.29, 0.717) is 17.7 Å². The van der Waals surface area contributed by atoms with Gasteiger partial charge in [-0.05, 0) is 42.7 Å². The van der Waals surface area contributed by atoms with Gasteiger partial charge in [-0.3, -0.25) is 4.79 Å². The summed E-state index contributed by atoms with van der Waals surface area (Å²) in [6.45, 7) is 0.137. The predicted molar refractivity (Wildman–Crippen MR) is 74.0 cm³/mol. The third-order valence-electron chi connectivity index (χ3n) is 2.80. The highest BCUT2D eigenvalue weighted by atomic mass is 19.1. The van der Waals surface area contributed by atoms with Gasteiger partial charge in [0.25, 0.3) is 5.91 Å². The Bertz CT molecular complexity index is 585. The smallest absolute Gasteiger partial charge is 0.257 e. The van der Waals surface area contributed by atoms with Crippen molar-refractivity contribution in [3.8, 4) is 0 Å². The number of hydrogen-bond acceptors (Lipinski definition) is 3. The first-order chi connectivity index (χ1) is 9.69. The quantitative estimate of drug-likeness (QED) is 0.823. The number of amides is 1. The summed E-state index contributed by atoms with van der Waals surface area (Å²) in [4.78, 5) is 15.4. The van der Waals surface area contributed by atoms with Crippen LogP contribution < -0.4 is 5.32 Å². The number of nitrogens with zero attached hydrogens (tertiary/aromatic N) is 1. The van der Waals surface area contributed by atoms with Gasteiger partial charge in [-0.2, -0.15) is 4.39 Å². The summed E-state index contributed by atoms with van der Waals surface area (Å²) in [6, 6.07) is 9.93. The lowest BCUT2D eigenvalue weighted by Gasteiger charge is -2.07. The molecule has 1 aromatic heterocycles. The third-order valence-corrected chi connectivity index (χ3v) is 2.80. The van der Waals surface area contributed by atoms with Crippen molar-refractivity contribution in [1.82, 2.24) is 4.98 Å². The van der Waals surface area contributed by atoms with Gasteiger partial charge in [0.1, 0.15) is 0 Å². The molecule has 1 aromatic carbocycles. The second-order valence-electron chi connectivity index (χ2n) is 4.35. The van der Waals surface area contributed by atoms with Crippen LogP contribution in [0.5, 0.6) is 0 Å². The molecule has 0 bridgehead atoms. The number of rotatable bonds is 5. The number of anilines is 1. The molecule has 0 spiro atoms. The molecule has 0 saturated carbocycles. The number of aryl methyl sites for hydroxylation is 1. The maximum absolute atomic E-state index is 12.7. The lowest BCUT2D eigenvalue weighted by Crippen LogP contribution is -2.12. The van der Waals surface area contributed by atoms with Gasteiger partial charge in [0.2, 0.25) is 5.95 Å². The number of pyridine rings is 1. The number of carbonyl (C=O) groups excluding carboxylic acids is 1. The van der Waals surface area contributed by atoms with Gasteiger partial charge in [0.15, 0.2) is 0 Å². The van der Waals surface area contributed by atoms with E-state index >= 15 is 0 Å². The van der Waals surface area contributed by atoms with Gasteiger partial charge in [0, 0.05) is 18.5 Å². The molecule has 0 unspecified atom stereocenters. The number of aliphatic hydroxyl groups excluding tert-OH is 1. The second-order valence-corrected chi connectivity index (χ2v) is 4.35. The fraction of sp³-hybridized carbons (Fsp3) is 0.200. The number of aromatic nitrogens is 1. The molecule has 0 radical (unpaired) electrons. The van der Waals surface area contributed by atoms with Crippen molar-refractivity contribution in [2.45, 2.75) is 12.8 Å². The van der Waals surface area contributed by atoms with E-state index in [4.69, 9.17) is 5.11 Å². The summed E-state index contributed by atoms with van der Waals surface area (Å²) < 4.78 is 12.7. The van der Waals surface area contributed by atoms with E-state index in [0.717, 1.165) is 18.1 Å². The van der Waals surface area contributed by atoms with Crippen molar-refractivity contribution in [3.05, 3.63) is 59.7 Å². The zero-order valence-electron chi connectivity index (χ0n) is 10.8. The Morgan fingerprint density at radius 3 is 2.85 bits per heavy atom. The van der Waals surface area contributed by atoms with Crippen LogP contribution in [0, 0.1) is 5.95 Å². The van der Waals surface area contributed by atoms with Crippen molar-refractivity contribution in [2.75, 3.05) is 11.9 Å². The summed E-state index contributed by atoms with van der Waals surface area (Å²) in [5, 5.41) is 11.5. The summed E-state index contributed by atoms with van der Waals surface area (Å²) >= 11 is 0. The van der Waals surface area contributed by atoms with Crippen molar-refractivity contribution in [2.24, 2.45) is 0 Å². The molecule has 1 heterocycles. The topological polar surface area (TPSA) is 62.2 Å². The van der Waals surface area contributed by atoms with E-state index < -0.39 is 5.95 Å². The van der Waals surface area contributed by atoms with Crippen LogP contribution in [0.4, 0.5) is 10.1 Å². The molecule has 0 aliphatic carbocycles. The average Bonchev–Trinajstić information content (AvgIpc) is 2.46. The van der Waals surface area contributed by atoms with Gasteiger partial charge in [-0.15, -0.1) is 0 Å². The van der Waals surface area contributed by atoms with E-state index in [-0.39, 0.29) is 12.5 Å². The van der Waals surface area contributed by atoms with E-state index in [1.54, 1.807) is 6.07 Å². The molecule has 1 amide bonds. The molecule has 5 heteroatoms. The molecule has 2 N–H and O–H groups in total. The Labute approximate surface area is 116 Å². The Morgan fingerprint density at radius 1 is 1.30 bits per heavy atom. The Balaban J connectivity index is 2.05. The average molecular weight is 274 g/mol. The van der Waals surface area contributed by atoms with Crippen LogP contribution in [-0.2, 0) is 6.42 Å². The van der Waals surface area contributed by atoms with Crippen molar-refractivity contribution >= 4 is 11.6 Å². The van der Waals surface area contributed by atoms with E-state index in [2.05, 4.69) is 10.3 Å². The number of aliphatic hydroxyl groups is 1. The molecule has 0 saturated heterocycles. The molecule has 2 rings (SSSR count). The number of nitrogens with one attached hydrogen (secondary N) is 1. The SMILES string of the molecule is O=C(Nc1cccc(CCCO)c1)c1ccc(F)nc1. The summed E-state index contributed by atoms with van der Waals surface area (Å²) in [5.41, 5.74) is 2.00. The number of carbonyl (C=O) groups is 1. The van der Waals surface area contributed by atoms with Crippen molar-refractivity contribution in [1.29, 1.82) is 0 Å². The number of hydrogen-bond donors (Lipinski definition) is 2. The maximum atomic E-state index is 12.7. The summed E-state index contributed by atoms with van der Waals surface area (Å²) in [7, 11) is 0. The van der Waals surface area contributed by atoms with Gasteiger partial charge in [-0.1, -0.05) is 12.1 Å². The van der Waals surface area contributed by atoms with Crippen LogP contribution in [0.15, 0.2) is 42.6 Å². The lowest BCUT2D eigenvalue weighted by molar-refractivity contribution is 0.102. The highest BCUT2D eigenvalue weighted by Crippen LogP contribution is 2.13. The molecule has 4 nitrogen and oxygen atoms in total. The van der Waals surface area contributed by atoms with Gasteiger partial charge >= 0.3 is 0 Å². The van der Waals surface area contributed by atoms with Gasteiger partial charge in [0.05, 0.1) is 5.56 Å². The zero-order chi connectivity index (χ0) is 14.4. The molecular weight excluding hydrogens is 259 g/mol. The normalized spacial score (nSPS) is 10.3. The van der Waals surface area contributed by atoms with E-state index in [9.17, 15) is 9.18 Å².